The van der Waals surface area contributed by atoms with Crippen LogP contribution in [0.3, 0.4) is 0 Å². The summed E-state index contributed by atoms with van der Waals surface area (Å²) in [6.07, 6.45) is 12.6. The fourth-order valence-corrected chi connectivity index (χ4v) is 14.0. The molecule has 1 amide bonds. The molecule has 4 fully saturated rings. The van der Waals surface area contributed by atoms with Crippen LogP contribution >= 0.6 is 0 Å². The zero-order valence-electron chi connectivity index (χ0n) is 32.9. The average molecular weight is 757 g/mol. The number of carbonyl (C=O) groups is 2. The van der Waals surface area contributed by atoms with E-state index in [2.05, 4.69) is 64.4 Å². The van der Waals surface area contributed by atoms with Gasteiger partial charge in [0.05, 0.1) is 11.5 Å². The minimum absolute atomic E-state index is 0.0206. The Morgan fingerprint density at radius 3 is 2.25 bits per heavy atom. The molecule has 0 radical (unpaired) electrons. The largest absolute Gasteiger partial charge is 0.477 e. The van der Waals surface area contributed by atoms with E-state index in [9.17, 15) is 31.9 Å². The van der Waals surface area contributed by atoms with Gasteiger partial charge in [-0.15, -0.1) is 6.58 Å². The normalized spacial score (nSPS) is 36.3. The molecule has 7 unspecified atom stereocenters. The Morgan fingerprint density at radius 2 is 1.62 bits per heavy atom. The molecule has 53 heavy (non-hydrogen) atoms. The molecule has 1 aliphatic heterocycles. The van der Waals surface area contributed by atoms with Gasteiger partial charge >= 0.3 is 5.97 Å². The second-order valence-electron chi connectivity index (χ2n) is 19.0. The number of hydrogen-bond acceptors (Lipinski definition) is 5. The Bertz CT molecular complexity index is 1750. The van der Waals surface area contributed by atoms with Gasteiger partial charge in [-0.25, -0.2) is 22.0 Å². The number of amides is 1. The molecule has 4 aliphatic carbocycles. The Morgan fingerprint density at radius 1 is 0.962 bits per heavy atom. The first kappa shape index (κ1) is 40.1. The van der Waals surface area contributed by atoms with Crippen LogP contribution in [-0.2, 0) is 14.6 Å². The van der Waals surface area contributed by atoms with Crippen LogP contribution < -0.4 is 5.32 Å². The van der Waals surface area contributed by atoms with E-state index >= 15 is 0 Å². The van der Waals surface area contributed by atoms with Crippen LogP contribution in [-0.4, -0.2) is 68.0 Å². The van der Waals surface area contributed by atoms with Crippen LogP contribution in [0.25, 0.3) is 5.57 Å². The summed E-state index contributed by atoms with van der Waals surface area (Å²) in [4.78, 5) is 27.9. The van der Waals surface area contributed by atoms with Gasteiger partial charge < -0.3 is 10.4 Å². The fourth-order valence-electron chi connectivity index (χ4n) is 12.7. The van der Waals surface area contributed by atoms with E-state index < -0.39 is 38.4 Å². The van der Waals surface area contributed by atoms with Crippen molar-refractivity contribution in [1.29, 1.82) is 0 Å². The van der Waals surface area contributed by atoms with E-state index in [1.54, 1.807) is 0 Å². The van der Waals surface area contributed by atoms with Crippen molar-refractivity contribution in [3.8, 4) is 0 Å². The lowest BCUT2D eigenvalue weighted by Crippen LogP contribution is -2.64. The van der Waals surface area contributed by atoms with E-state index in [1.807, 2.05) is 0 Å². The molecular weight excluding hydrogens is 695 g/mol. The van der Waals surface area contributed by atoms with Crippen LogP contribution in [0.15, 0.2) is 30.4 Å². The predicted molar refractivity (Wildman–Crippen MR) is 206 cm³/mol. The quantitative estimate of drug-likeness (QED) is 0.232. The average Bonchev–Trinajstić information content (AvgIpc) is 3.05. The summed E-state index contributed by atoms with van der Waals surface area (Å²) in [5.41, 5.74) is 0.861. The number of fused-ring (bicyclic) bond motifs is 5. The zero-order valence-corrected chi connectivity index (χ0v) is 33.7. The number of carboxylic acid groups (broad SMARTS) is 1. The van der Waals surface area contributed by atoms with Crippen LogP contribution in [0.4, 0.5) is 8.78 Å². The second kappa shape index (κ2) is 14.2. The molecule has 1 saturated heterocycles. The first-order chi connectivity index (χ1) is 24.7. The molecule has 0 spiro atoms. The summed E-state index contributed by atoms with van der Waals surface area (Å²) in [5.74, 6) is -2.00. The zero-order chi connectivity index (χ0) is 38.8. The molecule has 1 aromatic carbocycles. The highest BCUT2D eigenvalue weighted by Crippen LogP contribution is 2.75. The molecule has 2 N–H and O–H groups in total. The van der Waals surface area contributed by atoms with Gasteiger partial charge in [0.15, 0.2) is 9.84 Å². The number of benzene rings is 1. The topological polar surface area (TPSA) is 104 Å². The molecule has 7 atom stereocenters. The molecule has 0 aromatic heterocycles. The van der Waals surface area contributed by atoms with Crippen LogP contribution in [0, 0.1) is 56.5 Å². The number of nitrogens with zero attached hydrogens (tertiary/aromatic N) is 1. The number of halogens is 2. The van der Waals surface area contributed by atoms with Gasteiger partial charge in [-0.05, 0) is 140 Å². The Hall–Kier alpha value is -2.59. The van der Waals surface area contributed by atoms with E-state index in [-0.39, 0.29) is 45.0 Å². The first-order valence-electron chi connectivity index (χ1n) is 20.0. The summed E-state index contributed by atoms with van der Waals surface area (Å²) in [6.45, 7) is 20.3. The van der Waals surface area contributed by atoms with E-state index in [0.29, 0.717) is 43.6 Å². The highest BCUT2D eigenvalue weighted by Gasteiger charge is 2.67. The standard InChI is InChI=1S/C43H62F2N2O5S/c1-28(2)9-8-14-43(38(50)46-19-20-47-21-23-53(51,52)24-22-47)18-17-41(6)30(27-43)10-11-35-40(5)15-12-31(39(3,4)34(40)13-16-42(35,41)7)29-25-32(44)36(37(48)49)33(45)26-29/h12,25-26,30,34-35H,1,8-11,13-24,27H2,2-7H3,(H,46,50)(H,48,49). The second-order valence-corrected chi connectivity index (χ2v) is 21.3. The van der Waals surface area contributed by atoms with Crippen molar-refractivity contribution < 1.29 is 31.9 Å². The smallest absolute Gasteiger partial charge is 0.341 e. The van der Waals surface area contributed by atoms with Gasteiger partial charge in [-0.3, -0.25) is 9.69 Å². The molecule has 0 bridgehead atoms. The summed E-state index contributed by atoms with van der Waals surface area (Å²) in [5, 5.41) is 12.7. The summed E-state index contributed by atoms with van der Waals surface area (Å²) in [6, 6.07) is 2.39. The molecule has 5 aliphatic rings. The minimum atomic E-state index is -2.95. The number of carbonyl (C=O) groups excluding carboxylic acids is 1. The lowest BCUT2D eigenvalue weighted by molar-refractivity contribution is -0.211. The third-order valence-corrected chi connectivity index (χ3v) is 17.5. The number of sulfone groups is 1. The van der Waals surface area contributed by atoms with Crippen molar-refractivity contribution in [3.05, 3.63) is 53.1 Å². The molecule has 10 heteroatoms. The fraction of sp³-hybridized carbons (Fsp3) is 0.721. The van der Waals surface area contributed by atoms with Crippen LogP contribution in [0.2, 0.25) is 0 Å². The lowest BCUT2D eigenvalue weighted by Gasteiger charge is -2.71. The Balaban J connectivity index is 1.22. The highest BCUT2D eigenvalue weighted by atomic mass is 32.2. The molecule has 3 saturated carbocycles. The summed E-state index contributed by atoms with van der Waals surface area (Å²) >= 11 is 0. The van der Waals surface area contributed by atoms with Crippen molar-refractivity contribution in [2.24, 2.45) is 44.8 Å². The molecular formula is C43H62F2N2O5S. The molecule has 6 rings (SSSR count). The van der Waals surface area contributed by atoms with Gasteiger partial charge in [0.25, 0.3) is 0 Å². The SMILES string of the molecule is C=C(C)CCCC1(C(=O)NCCN2CCS(=O)(=O)CC2)CCC2(C)C(CCC3C4(C)CC=C(c5cc(F)c(C(=O)O)c(F)c5)C(C)(C)C4CCC32C)C1. The van der Waals surface area contributed by atoms with Gasteiger partial charge in [0.1, 0.15) is 17.2 Å². The number of hydrogen-bond donors (Lipinski definition) is 2. The van der Waals surface area contributed by atoms with Crippen LogP contribution in [0.1, 0.15) is 128 Å². The predicted octanol–water partition coefficient (Wildman–Crippen LogP) is 8.69. The molecule has 1 aromatic rings. The maximum atomic E-state index is 14.9. The number of allylic oxidation sites excluding steroid dienone is 3. The highest BCUT2D eigenvalue weighted by molar-refractivity contribution is 7.91. The van der Waals surface area contributed by atoms with Crippen molar-refractivity contribution >= 4 is 27.3 Å². The van der Waals surface area contributed by atoms with Crippen molar-refractivity contribution in [2.45, 2.75) is 112 Å². The van der Waals surface area contributed by atoms with Crippen molar-refractivity contribution in [2.75, 3.05) is 37.7 Å². The van der Waals surface area contributed by atoms with Crippen LogP contribution in [0.5, 0.6) is 0 Å². The number of nitrogens with one attached hydrogen (secondary N) is 1. The van der Waals surface area contributed by atoms with Gasteiger partial charge in [0.2, 0.25) is 5.91 Å². The maximum Gasteiger partial charge on any atom is 0.341 e. The third-order valence-electron chi connectivity index (χ3n) is 15.9. The van der Waals surface area contributed by atoms with Gasteiger partial charge in [-0.1, -0.05) is 46.3 Å². The Labute approximate surface area is 316 Å². The van der Waals surface area contributed by atoms with E-state index in [0.717, 1.165) is 81.8 Å². The van der Waals surface area contributed by atoms with Gasteiger partial charge in [0, 0.05) is 31.6 Å². The number of carboxylic acids is 1. The van der Waals surface area contributed by atoms with Gasteiger partial charge in [-0.2, -0.15) is 0 Å². The van der Waals surface area contributed by atoms with Crippen molar-refractivity contribution in [3.63, 3.8) is 0 Å². The molecule has 294 valence electrons. The first-order valence-corrected chi connectivity index (χ1v) is 21.8. The Kier molecular flexibility index (Phi) is 10.7. The lowest BCUT2D eigenvalue weighted by atomic mass is 9.33. The summed E-state index contributed by atoms with van der Waals surface area (Å²) < 4.78 is 53.7. The minimum Gasteiger partial charge on any atom is -0.477 e. The summed E-state index contributed by atoms with van der Waals surface area (Å²) in [7, 11) is -2.95. The monoisotopic (exact) mass is 756 g/mol. The molecule has 1 heterocycles. The third kappa shape index (κ3) is 6.95. The molecule has 7 nitrogen and oxygen atoms in total. The number of aromatic carboxylic acids is 1. The maximum absolute atomic E-state index is 14.9. The van der Waals surface area contributed by atoms with E-state index in [1.165, 1.54) is 12.1 Å². The number of rotatable bonds is 10. The van der Waals surface area contributed by atoms with E-state index in [4.69, 9.17) is 0 Å². The van der Waals surface area contributed by atoms with Crippen molar-refractivity contribution in [1.82, 2.24) is 10.2 Å².